The first-order valence-electron chi connectivity index (χ1n) is 13.0. The zero-order chi connectivity index (χ0) is 26.0. The van der Waals surface area contributed by atoms with Crippen molar-refractivity contribution in [2.24, 2.45) is 7.05 Å². The fourth-order valence-electron chi connectivity index (χ4n) is 5.50. The van der Waals surface area contributed by atoms with Gasteiger partial charge in [-0.1, -0.05) is 24.3 Å². The lowest BCUT2D eigenvalue weighted by Gasteiger charge is -2.38. The van der Waals surface area contributed by atoms with Crippen LogP contribution in [0.25, 0.3) is 11.4 Å². The van der Waals surface area contributed by atoms with Crippen LogP contribution in [0.15, 0.2) is 73.1 Å². The standard InChI is InChI=1S/C29H31N7O2/c1-36-26(20-9-14-30-15-10-20)34-35-28(36)29(12-16-31-17-13-29)33-22-6-4-5-21(19-22)27(37)32-24-11-18-38-25-8-3-2-7-23(24)25/h2-10,14-15,19,24,31,33H,11-13,16-18H2,1H3,(H,32,37)/t24-/m1/s1. The van der Waals surface area contributed by atoms with Crippen LogP contribution in [0.4, 0.5) is 5.69 Å². The molecule has 6 rings (SSSR count). The van der Waals surface area contributed by atoms with Crippen molar-refractivity contribution in [3.63, 3.8) is 0 Å². The highest BCUT2D eigenvalue weighted by atomic mass is 16.5. The highest BCUT2D eigenvalue weighted by Crippen LogP contribution is 2.36. The van der Waals surface area contributed by atoms with Gasteiger partial charge in [-0.05, 0) is 62.3 Å². The molecule has 0 bridgehead atoms. The van der Waals surface area contributed by atoms with Gasteiger partial charge in [0.1, 0.15) is 11.3 Å². The van der Waals surface area contributed by atoms with Crippen LogP contribution >= 0.6 is 0 Å². The van der Waals surface area contributed by atoms with Gasteiger partial charge in [0.15, 0.2) is 11.6 Å². The molecule has 4 heterocycles. The minimum atomic E-state index is -0.424. The van der Waals surface area contributed by atoms with Gasteiger partial charge in [0.2, 0.25) is 0 Å². The Hall–Kier alpha value is -4.24. The first kappa shape index (κ1) is 24.1. The molecule has 9 heteroatoms. The molecule has 4 aromatic rings. The van der Waals surface area contributed by atoms with Gasteiger partial charge in [0, 0.05) is 48.2 Å². The van der Waals surface area contributed by atoms with Crippen molar-refractivity contribution in [3.8, 4) is 17.1 Å². The maximum Gasteiger partial charge on any atom is 0.251 e. The Bertz CT molecular complexity index is 1430. The first-order valence-corrected chi connectivity index (χ1v) is 13.0. The van der Waals surface area contributed by atoms with E-state index in [1.807, 2.05) is 67.7 Å². The minimum Gasteiger partial charge on any atom is -0.493 e. The molecule has 2 aromatic heterocycles. The Kier molecular flexibility index (Phi) is 6.51. The zero-order valence-corrected chi connectivity index (χ0v) is 21.4. The molecule has 3 N–H and O–H groups in total. The molecule has 38 heavy (non-hydrogen) atoms. The predicted octanol–water partition coefficient (Wildman–Crippen LogP) is 3.82. The predicted molar refractivity (Wildman–Crippen MR) is 145 cm³/mol. The number of nitrogens with zero attached hydrogens (tertiary/aromatic N) is 4. The number of benzene rings is 2. The third-order valence-electron chi connectivity index (χ3n) is 7.47. The molecule has 2 aromatic carbocycles. The van der Waals surface area contributed by atoms with E-state index in [1.165, 1.54) is 0 Å². The second-order valence-electron chi connectivity index (χ2n) is 9.88. The summed E-state index contributed by atoms with van der Waals surface area (Å²) in [5.41, 5.74) is 3.05. The number of ether oxygens (including phenoxy) is 1. The van der Waals surface area contributed by atoms with Crippen molar-refractivity contribution in [1.82, 2.24) is 30.4 Å². The number of rotatable bonds is 6. The number of nitrogens with one attached hydrogen (secondary N) is 3. The molecule has 0 saturated carbocycles. The molecule has 2 aliphatic rings. The Labute approximate surface area is 221 Å². The maximum atomic E-state index is 13.3. The molecule has 9 nitrogen and oxygen atoms in total. The fraction of sp³-hybridized carbons (Fsp3) is 0.310. The summed E-state index contributed by atoms with van der Waals surface area (Å²) in [6, 6.07) is 19.4. The summed E-state index contributed by atoms with van der Waals surface area (Å²) < 4.78 is 7.82. The highest BCUT2D eigenvalue weighted by Gasteiger charge is 2.39. The summed E-state index contributed by atoms with van der Waals surface area (Å²) in [7, 11) is 2.01. The van der Waals surface area contributed by atoms with Crippen LogP contribution in [0.5, 0.6) is 5.75 Å². The summed E-state index contributed by atoms with van der Waals surface area (Å²) in [5, 5.41) is 19.6. The molecule has 0 unspecified atom stereocenters. The Morgan fingerprint density at radius 2 is 1.87 bits per heavy atom. The molecule has 1 fully saturated rings. The summed E-state index contributed by atoms with van der Waals surface area (Å²) in [4.78, 5) is 17.4. The van der Waals surface area contributed by atoms with Crippen LogP contribution in [0.2, 0.25) is 0 Å². The number of carbonyl (C=O) groups is 1. The molecule has 2 aliphatic heterocycles. The zero-order valence-electron chi connectivity index (χ0n) is 21.4. The molecule has 0 radical (unpaired) electrons. The molecular formula is C29H31N7O2. The lowest BCUT2D eigenvalue weighted by molar-refractivity contribution is 0.0925. The number of hydrogen-bond donors (Lipinski definition) is 3. The summed E-state index contributed by atoms with van der Waals surface area (Å²) >= 11 is 0. The maximum absolute atomic E-state index is 13.3. The van der Waals surface area contributed by atoms with E-state index >= 15 is 0 Å². The smallest absolute Gasteiger partial charge is 0.251 e. The Morgan fingerprint density at radius 1 is 1.05 bits per heavy atom. The van der Waals surface area contributed by atoms with Gasteiger partial charge < -0.3 is 25.3 Å². The van der Waals surface area contributed by atoms with Crippen LogP contribution in [-0.4, -0.2) is 45.4 Å². The van der Waals surface area contributed by atoms with Crippen molar-refractivity contribution < 1.29 is 9.53 Å². The van der Waals surface area contributed by atoms with Crippen LogP contribution in [0.3, 0.4) is 0 Å². The molecule has 194 valence electrons. The van der Waals surface area contributed by atoms with Gasteiger partial charge in [-0.15, -0.1) is 10.2 Å². The van der Waals surface area contributed by atoms with Crippen molar-refractivity contribution in [2.45, 2.75) is 30.8 Å². The SMILES string of the molecule is Cn1c(-c2ccncc2)nnc1C1(Nc2cccc(C(=O)N[C@@H]3CCOc4ccccc43)c2)CCNCC1. The largest absolute Gasteiger partial charge is 0.493 e. The fourth-order valence-corrected chi connectivity index (χ4v) is 5.50. The van der Waals surface area contributed by atoms with E-state index in [1.54, 1.807) is 12.4 Å². The first-order chi connectivity index (χ1) is 18.6. The van der Waals surface area contributed by atoms with Crippen LogP contribution in [0, 0.1) is 0 Å². The number of anilines is 1. The van der Waals surface area contributed by atoms with Crippen molar-refractivity contribution in [2.75, 3.05) is 25.0 Å². The average molecular weight is 510 g/mol. The van der Waals surface area contributed by atoms with E-state index in [0.717, 1.165) is 66.6 Å². The van der Waals surface area contributed by atoms with E-state index in [0.29, 0.717) is 12.2 Å². The summed E-state index contributed by atoms with van der Waals surface area (Å²) in [5.74, 6) is 2.40. The summed E-state index contributed by atoms with van der Waals surface area (Å²) in [6.45, 7) is 2.29. The molecule has 1 amide bonds. The number of hydrogen-bond acceptors (Lipinski definition) is 7. The topological polar surface area (TPSA) is 106 Å². The van der Waals surface area contributed by atoms with E-state index in [9.17, 15) is 4.79 Å². The molecule has 1 saturated heterocycles. The van der Waals surface area contributed by atoms with Gasteiger partial charge in [-0.2, -0.15) is 0 Å². The lowest BCUT2D eigenvalue weighted by Crippen LogP contribution is -2.47. The van der Waals surface area contributed by atoms with Gasteiger partial charge in [-0.3, -0.25) is 9.78 Å². The number of aromatic nitrogens is 4. The van der Waals surface area contributed by atoms with E-state index in [4.69, 9.17) is 4.74 Å². The highest BCUT2D eigenvalue weighted by molar-refractivity contribution is 5.95. The lowest BCUT2D eigenvalue weighted by atomic mass is 9.86. The molecular weight excluding hydrogens is 478 g/mol. The third-order valence-corrected chi connectivity index (χ3v) is 7.47. The van der Waals surface area contributed by atoms with Crippen molar-refractivity contribution >= 4 is 11.6 Å². The quantitative estimate of drug-likeness (QED) is 0.363. The molecule has 0 spiro atoms. The van der Waals surface area contributed by atoms with Gasteiger partial charge in [-0.25, -0.2) is 0 Å². The monoisotopic (exact) mass is 509 g/mol. The molecule has 1 atom stereocenters. The van der Waals surface area contributed by atoms with E-state index in [2.05, 4.69) is 35.7 Å². The van der Waals surface area contributed by atoms with Crippen LogP contribution in [-0.2, 0) is 12.6 Å². The summed E-state index contributed by atoms with van der Waals surface area (Å²) in [6.07, 6.45) is 5.94. The Morgan fingerprint density at radius 3 is 2.71 bits per heavy atom. The molecule has 0 aliphatic carbocycles. The number of amides is 1. The van der Waals surface area contributed by atoms with E-state index < -0.39 is 5.54 Å². The second-order valence-corrected chi connectivity index (χ2v) is 9.88. The minimum absolute atomic E-state index is 0.0786. The third kappa shape index (κ3) is 4.61. The van der Waals surface area contributed by atoms with Crippen LogP contribution < -0.4 is 20.7 Å². The average Bonchev–Trinajstić information content (AvgIpc) is 3.36. The number of pyridine rings is 1. The van der Waals surface area contributed by atoms with Gasteiger partial charge in [0.05, 0.1) is 12.6 Å². The number of fused-ring (bicyclic) bond motifs is 1. The van der Waals surface area contributed by atoms with Crippen molar-refractivity contribution in [3.05, 3.63) is 90.0 Å². The van der Waals surface area contributed by atoms with Gasteiger partial charge >= 0.3 is 0 Å². The number of para-hydroxylation sites is 1. The van der Waals surface area contributed by atoms with E-state index in [-0.39, 0.29) is 11.9 Å². The van der Waals surface area contributed by atoms with Crippen LogP contribution in [0.1, 0.15) is 47.1 Å². The number of carbonyl (C=O) groups excluding carboxylic acids is 1. The van der Waals surface area contributed by atoms with Crippen molar-refractivity contribution in [1.29, 1.82) is 0 Å². The Balaban J connectivity index is 1.26. The van der Waals surface area contributed by atoms with Gasteiger partial charge in [0.25, 0.3) is 5.91 Å². The second kappa shape index (κ2) is 10.3. The normalized spacial score (nSPS) is 18.2. The number of piperidine rings is 1.